The maximum Gasteiger partial charge on any atom is 0.225 e. The number of benzene rings is 1. The van der Waals surface area contributed by atoms with E-state index in [1.165, 1.54) is 5.69 Å². The molecule has 1 aliphatic heterocycles. The van der Waals surface area contributed by atoms with Gasteiger partial charge in [0.15, 0.2) is 0 Å². The van der Waals surface area contributed by atoms with Crippen LogP contribution in [0, 0.1) is 0 Å². The SMILES string of the molecule is COC(CN)CC(=O)N1CCCN(c2ccccc2)CC1.Cl.Cl. The first-order valence-corrected chi connectivity index (χ1v) is 7.55. The lowest BCUT2D eigenvalue weighted by Crippen LogP contribution is -2.38. The highest BCUT2D eigenvalue weighted by atomic mass is 35.5. The Morgan fingerprint density at radius 3 is 2.48 bits per heavy atom. The second-order valence-electron chi connectivity index (χ2n) is 5.35. The van der Waals surface area contributed by atoms with Crippen molar-refractivity contribution in [2.24, 2.45) is 5.73 Å². The third-order valence-corrected chi connectivity index (χ3v) is 3.97. The van der Waals surface area contributed by atoms with Crippen LogP contribution in [0.1, 0.15) is 12.8 Å². The molecule has 7 heteroatoms. The van der Waals surface area contributed by atoms with Gasteiger partial charge in [0.1, 0.15) is 0 Å². The van der Waals surface area contributed by atoms with Crippen molar-refractivity contribution < 1.29 is 9.53 Å². The van der Waals surface area contributed by atoms with Crippen LogP contribution in [0.2, 0.25) is 0 Å². The maximum absolute atomic E-state index is 12.3. The van der Waals surface area contributed by atoms with E-state index in [0.717, 1.165) is 32.6 Å². The summed E-state index contributed by atoms with van der Waals surface area (Å²) in [5.74, 6) is 0.141. The fourth-order valence-corrected chi connectivity index (χ4v) is 2.65. The zero-order chi connectivity index (χ0) is 15.1. The van der Waals surface area contributed by atoms with Crippen LogP contribution in [0.3, 0.4) is 0 Å². The monoisotopic (exact) mass is 363 g/mol. The van der Waals surface area contributed by atoms with Crippen LogP contribution >= 0.6 is 24.8 Å². The standard InChI is InChI=1S/C16H25N3O2.2ClH/c1-21-15(13-17)12-16(20)19-9-5-8-18(10-11-19)14-6-3-2-4-7-14;;/h2-4,6-7,15H,5,8-13,17H2,1H3;2*1H. The Labute approximate surface area is 151 Å². The predicted octanol–water partition coefficient (Wildman–Crippen LogP) is 1.93. The van der Waals surface area contributed by atoms with Crippen LogP contribution in [0.25, 0.3) is 0 Å². The zero-order valence-corrected chi connectivity index (χ0v) is 15.2. The Hall–Kier alpha value is -1.01. The molecular formula is C16H27Cl2N3O2. The van der Waals surface area contributed by atoms with Crippen LogP contribution in [0.5, 0.6) is 0 Å². The van der Waals surface area contributed by atoms with Crippen molar-refractivity contribution in [1.82, 2.24) is 4.90 Å². The molecule has 5 nitrogen and oxygen atoms in total. The van der Waals surface area contributed by atoms with E-state index >= 15 is 0 Å². The van der Waals surface area contributed by atoms with Gasteiger partial charge in [-0.1, -0.05) is 18.2 Å². The molecule has 1 saturated heterocycles. The number of ether oxygens (including phenoxy) is 1. The van der Waals surface area contributed by atoms with Crippen LogP contribution in [-0.2, 0) is 9.53 Å². The van der Waals surface area contributed by atoms with E-state index in [4.69, 9.17) is 10.5 Å². The van der Waals surface area contributed by atoms with Crippen molar-refractivity contribution in [2.45, 2.75) is 18.9 Å². The van der Waals surface area contributed by atoms with Crippen molar-refractivity contribution >= 4 is 36.4 Å². The molecule has 1 aromatic carbocycles. The first kappa shape index (κ1) is 22.0. The van der Waals surface area contributed by atoms with E-state index < -0.39 is 0 Å². The Bertz CT molecular complexity index is 444. The number of hydrogen-bond donors (Lipinski definition) is 1. The van der Waals surface area contributed by atoms with Crippen LogP contribution in [-0.4, -0.2) is 56.7 Å². The molecule has 0 saturated carbocycles. The third-order valence-electron chi connectivity index (χ3n) is 3.97. The molecule has 0 radical (unpaired) electrons. The van der Waals surface area contributed by atoms with Gasteiger partial charge in [-0.3, -0.25) is 4.79 Å². The minimum Gasteiger partial charge on any atom is -0.380 e. The second-order valence-corrected chi connectivity index (χ2v) is 5.35. The highest BCUT2D eigenvalue weighted by Crippen LogP contribution is 2.16. The van der Waals surface area contributed by atoms with Gasteiger partial charge in [-0.05, 0) is 18.6 Å². The summed E-state index contributed by atoms with van der Waals surface area (Å²) in [6, 6.07) is 10.4. The van der Waals surface area contributed by atoms with Gasteiger partial charge in [-0.2, -0.15) is 0 Å². The molecule has 23 heavy (non-hydrogen) atoms. The minimum atomic E-state index is -0.175. The lowest BCUT2D eigenvalue weighted by atomic mass is 10.2. The molecule has 0 bridgehead atoms. The van der Waals surface area contributed by atoms with Crippen molar-refractivity contribution in [1.29, 1.82) is 0 Å². The first-order chi connectivity index (χ1) is 10.2. The number of rotatable bonds is 5. The van der Waals surface area contributed by atoms with Gasteiger partial charge >= 0.3 is 0 Å². The summed E-state index contributed by atoms with van der Waals surface area (Å²) in [6.07, 6.45) is 1.19. The number of methoxy groups -OCH3 is 1. The lowest BCUT2D eigenvalue weighted by Gasteiger charge is -2.24. The van der Waals surface area contributed by atoms with E-state index in [9.17, 15) is 4.79 Å². The number of hydrogen-bond acceptors (Lipinski definition) is 4. The molecule has 0 aliphatic carbocycles. The molecule has 1 aliphatic rings. The number of amides is 1. The molecular weight excluding hydrogens is 337 g/mol. The highest BCUT2D eigenvalue weighted by molar-refractivity contribution is 5.85. The van der Waals surface area contributed by atoms with Gasteiger partial charge in [-0.25, -0.2) is 0 Å². The average molecular weight is 364 g/mol. The van der Waals surface area contributed by atoms with Crippen LogP contribution in [0.4, 0.5) is 5.69 Å². The number of nitrogens with zero attached hydrogens (tertiary/aromatic N) is 2. The Kier molecular flexibility index (Phi) is 11.0. The van der Waals surface area contributed by atoms with Crippen molar-refractivity contribution in [3.63, 3.8) is 0 Å². The van der Waals surface area contributed by atoms with E-state index in [1.807, 2.05) is 23.1 Å². The van der Waals surface area contributed by atoms with Gasteiger partial charge < -0.3 is 20.3 Å². The van der Waals surface area contributed by atoms with E-state index in [2.05, 4.69) is 17.0 Å². The Balaban J connectivity index is 0.00000242. The summed E-state index contributed by atoms with van der Waals surface area (Å²) in [7, 11) is 1.60. The topological polar surface area (TPSA) is 58.8 Å². The molecule has 0 spiro atoms. The second kappa shape index (κ2) is 11.5. The fraction of sp³-hybridized carbons (Fsp3) is 0.562. The molecule has 1 atom stereocenters. The first-order valence-electron chi connectivity index (χ1n) is 7.55. The summed E-state index contributed by atoms with van der Waals surface area (Å²) < 4.78 is 5.20. The number of para-hydroxylation sites is 1. The van der Waals surface area contributed by atoms with Crippen LogP contribution in [0.15, 0.2) is 30.3 Å². The van der Waals surface area contributed by atoms with Crippen molar-refractivity contribution in [3.8, 4) is 0 Å². The quantitative estimate of drug-likeness (QED) is 0.868. The summed E-state index contributed by atoms with van der Waals surface area (Å²) in [4.78, 5) is 16.6. The third kappa shape index (κ3) is 6.55. The zero-order valence-electron chi connectivity index (χ0n) is 13.5. The molecule has 132 valence electrons. The summed E-state index contributed by atoms with van der Waals surface area (Å²) in [5, 5.41) is 0. The van der Waals surface area contributed by atoms with E-state index in [0.29, 0.717) is 13.0 Å². The summed E-state index contributed by atoms with van der Waals surface area (Å²) >= 11 is 0. The molecule has 2 N–H and O–H groups in total. The van der Waals surface area contributed by atoms with Gasteiger partial charge in [0.25, 0.3) is 0 Å². The number of anilines is 1. The van der Waals surface area contributed by atoms with Crippen molar-refractivity contribution in [3.05, 3.63) is 30.3 Å². The number of carbonyl (C=O) groups is 1. The molecule has 1 amide bonds. The van der Waals surface area contributed by atoms with E-state index in [1.54, 1.807) is 7.11 Å². The summed E-state index contributed by atoms with van der Waals surface area (Å²) in [6.45, 7) is 3.80. The lowest BCUT2D eigenvalue weighted by molar-refractivity contribution is -0.133. The fourth-order valence-electron chi connectivity index (χ4n) is 2.65. The molecule has 1 aromatic rings. The Morgan fingerprint density at radius 2 is 1.87 bits per heavy atom. The molecule has 1 fully saturated rings. The average Bonchev–Trinajstić information content (AvgIpc) is 2.79. The van der Waals surface area contributed by atoms with E-state index in [-0.39, 0.29) is 36.8 Å². The normalized spacial score (nSPS) is 15.9. The van der Waals surface area contributed by atoms with Gasteiger partial charge in [-0.15, -0.1) is 24.8 Å². The predicted molar refractivity (Wildman–Crippen MR) is 98.8 cm³/mol. The molecule has 1 heterocycles. The molecule has 1 unspecified atom stereocenters. The highest BCUT2D eigenvalue weighted by Gasteiger charge is 2.21. The number of nitrogens with two attached hydrogens (primary N) is 1. The largest absolute Gasteiger partial charge is 0.380 e. The maximum atomic E-state index is 12.3. The Morgan fingerprint density at radius 1 is 1.17 bits per heavy atom. The number of carbonyl (C=O) groups excluding carboxylic acids is 1. The van der Waals surface area contributed by atoms with Crippen molar-refractivity contribution in [2.75, 3.05) is 44.7 Å². The minimum absolute atomic E-state index is 0. The van der Waals surface area contributed by atoms with Gasteiger partial charge in [0.05, 0.1) is 12.5 Å². The van der Waals surface area contributed by atoms with Gasteiger partial charge in [0.2, 0.25) is 5.91 Å². The number of halogens is 2. The summed E-state index contributed by atoms with van der Waals surface area (Å²) in [5.41, 5.74) is 6.81. The van der Waals surface area contributed by atoms with Crippen LogP contribution < -0.4 is 10.6 Å². The van der Waals surface area contributed by atoms with Gasteiger partial charge in [0, 0.05) is 45.5 Å². The smallest absolute Gasteiger partial charge is 0.225 e. The molecule has 2 rings (SSSR count). The molecule has 0 aromatic heterocycles.